The Hall–Kier alpha value is -1.31. The van der Waals surface area contributed by atoms with E-state index < -0.39 is 12.7 Å². The molecule has 0 atom stereocenters. The van der Waals surface area contributed by atoms with Gasteiger partial charge in [0.15, 0.2) is 0 Å². The van der Waals surface area contributed by atoms with Crippen LogP contribution >= 0.6 is 0 Å². The summed E-state index contributed by atoms with van der Waals surface area (Å²) < 4.78 is 42.3. The third-order valence-electron chi connectivity index (χ3n) is 2.12. The first-order chi connectivity index (χ1) is 8.46. The third-order valence-corrected chi connectivity index (χ3v) is 2.12. The van der Waals surface area contributed by atoms with Gasteiger partial charge in [-0.3, -0.25) is 0 Å². The molecular weight excluding hydrogens is 249 g/mol. The lowest BCUT2D eigenvalue weighted by Gasteiger charge is -2.20. The molecule has 0 aliphatic rings. The monoisotopic (exact) mass is 266 g/mol. The Morgan fingerprint density at radius 3 is 2.56 bits per heavy atom. The highest BCUT2D eigenvalue weighted by atomic mass is 19.4. The van der Waals surface area contributed by atoms with Crippen LogP contribution < -0.4 is 10.2 Å². The largest absolute Gasteiger partial charge is 0.407 e. The first-order valence-electron chi connectivity index (χ1n) is 5.81. The molecule has 104 valence electrons. The molecule has 0 aromatic carbocycles. The zero-order valence-electron chi connectivity index (χ0n) is 10.4. The molecule has 1 N–H and O–H groups in total. The topological polar surface area (TPSA) is 54.2 Å². The zero-order valence-corrected chi connectivity index (χ0v) is 10.4. The molecule has 5 nitrogen and oxygen atoms in total. The van der Waals surface area contributed by atoms with Crippen molar-refractivity contribution < 1.29 is 17.6 Å². The fourth-order valence-electron chi connectivity index (χ4n) is 1.40. The first-order valence-corrected chi connectivity index (χ1v) is 5.81. The number of nitrogens with zero attached hydrogens (tertiary/aromatic N) is 3. The summed E-state index contributed by atoms with van der Waals surface area (Å²) in [5, 5.41) is 10.3. The molecule has 0 spiro atoms. The van der Waals surface area contributed by atoms with Gasteiger partial charge in [0.2, 0.25) is 5.89 Å². The predicted octanol–water partition coefficient (Wildman–Crippen LogP) is 1.96. The predicted molar refractivity (Wildman–Crippen MR) is 60.2 cm³/mol. The summed E-state index contributed by atoms with van der Waals surface area (Å²) in [4.78, 5) is 1.04. The molecule has 0 aliphatic heterocycles. The first kappa shape index (κ1) is 14.7. The van der Waals surface area contributed by atoms with Crippen LogP contribution in [0.2, 0.25) is 0 Å². The summed E-state index contributed by atoms with van der Waals surface area (Å²) >= 11 is 0. The van der Waals surface area contributed by atoms with Crippen molar-refractivity contribution in [3.63, 3.8) is 0 Å². The highest BCUT2D eigenvalue weighted by Gasteiger charge is 2.32. The van der Waals surface area contributed by atoms with E-state index in [2.05, 4.69) is 15.5 Å². The second-order valence-electron chi connectivity index (χ2n) is 3.80. The number of anilines is 1. The second-order valence-corrected chi connectivity index (χ2v) is 3.80. The molecule has 1 aromatic heterocycles. The Balaban J connectivity index is 2.69. The molecule has 8 heteroatoms. The van der Waals surface area contributed by atoms with Crippen LogP contribution in [-0.4, -0.2) is 36.0 Å². The van der Waals surface area contributed by atoms with Gasteiger partial charge < -0.3 is 14.6 Å². The Kier molecular flexibility index (Phi) is 5.39. The minimum Gasteiger partial charge on any atom is -0.407 e. The van der Waals surface area contributed by atoms with Gasteiger partial charge in [-0.05, 0) is 13.0 Å². The number of rotatable bonds is 7. The van der Waals surface area contributed by atoms with Crippen molar-refractivity contribution in [2.75, 3.05) is 24.5 Å². The van der Waals surface area contributed by atoms with Crippen molar-refractivity contribution in [1.29, 1.82) is 0 Å². The molecule has 0 saturated heterocycles. The van der Waals surface area contributed by atoms with Gasteiger partial charge in [0, 0.05) is 6.54 Å². The maximum absolute atomic E-state index is 12.4. The van der Waals surface area contributed by atoms with E-state index in [1.165, 1.54) is 0 Å². The van der Waals surface area contributed by atoms with E-state index >= 15 is 0 Å². The van der Waals surface area contributed by atoms with Crippen LogP contribution in [0.4, 0.5) is 19.2 Å². The second kappa shape index (κ2) is 6.58. The normalized spacial score (nSPS) is 11.8. The van der Waals surface area contributed by atoms with Crippen molar-refractivity contribution in [2.45, 2.75) is 33.0 Å². The van der Waals surface area contributed by atoms with Gasteiger partial charge in [0.05, 0.1) is 6.54 Å². The lowest BCUT2D eigenvalue weighted by Crippen LogP contribution is -2.35. The number of aromatic nitrogens is 2. The van der Waals surface area contributed by atoms with Gasteiger partial charge in [-0.25, -0.2) is 0 Å². The summed E-state index contributed by atoms with van der Waals surface area (Å²) in [7, 11) is 0. The summed E-state index contributed by atoms with van der Waals surface area (Å²) in [6, 6.07) is -0.0814. The number of halogens is 3. The Bertz CT molecular complexity index is 353. The molecule has 1 aromatic rings. The number of hydrogen-bond acceptors (Lipinski definition) is 5. The molecule has 18 heavy (non-hydrogen) atoms. The van der Waals surface area contributed by atoms with Crippen LogP contribution in [0, 0.1) is 0 Å². The highest BCUT2D eigenvalue weighted by Crippen LogP contribution is 2.21. The lowest BCUT2D eigenvalue weighted by molar-refractivity contribution is -0.120. The summed E-state index contributed by atoms with van der Waals surface area (Å²) in [5.74, 6) is 0.287. The van der Waals surface area contributed by atoms with Gasteiger partial charge in [0.25, 0.3) is 0 Å². The van der Waals surface area contributed by atoms with Crippen LogP contribution in [0.15, 0.2) is 4.42 Å². The molecule has 0 saturated carbocycles. The van der Waals surface area contributed by atoms with E-state index in [1.54, 1.807) is 6.92 Å². The number of nitrogens with one attached hydrogen (secondary N) is 1. The average molecular weight is 266 g/mol. The third kappa shape index (κ3) is 4.91. The quantitative estimate of drug-likeness (QED) is 0.817. The minimum atomic E-state index is -4.29. The highest BCUT2D eigenvalue weighted by molar-refractivity contribution is 5.24. The van der Waals surface area contributed by atoms with E-state index in [1.807, 2.05) is 6.92 Å². The van der Waals surface area contributed by atoms with Crippen molar-refractivity contribution in [3.8, 4) is 0 Å². The van der Waals surface area contributed by atoms with E-state index in [9.17, 15) is 13.2 Å². The smallest absolute Gasteiger partial charge is 0.406 e. The van der Waals surface area contributed by atoms with Gasteiger partial charge in [0.1, 0.15) is 6.54 Å². The summed E-state index contributed by atoms with van der Waals surface area (Å²) in [6.07, 6.45) is -3.72. The van der Waals surface area contributed by atoms with Gasteiger partial charge in [-0.1, -0.05) is 18.9 Å². The Labute approximate surface area is 103 Å². The van der Waals surface area contributed by atoms with Crippen molar-refractivity contribution in [3.05, 3.63) is 5.89 Å². The average Bonchev–Trinajstić information content (AvgIpc) is 2.72. The molecule has 0 fully saturated rings. The number of hydrogen-bond donors (Lipinski definition) is 1. The minimum absolute atomic E-state index is 0.0814. The lowest BCUT2D eigenvalue weighted by atomic mass is 10.4. The standard InChI is InChI=1S/C10H17F3N4O/c1-3-5-17(7-10(11,12)13)9-16-15-8(18-9)6-14-4-2/h14H,3-7H2,1-2H3. The van der Waals surface area contributed by atoms with Gasteiger partial charge >= 0.3 is 12.2 Å². The van der Waals surface area contributed by atoms with Crippen molar-refractivity contribution in [1.82, 2.24) is 15.5 Å². The van der Waals surface area contributed by atoms with E-state index in [0.29, 0.717) is 13.0 Å². The van der Waals surface area contributed by atoms with Crippen LogP contribution in [0.5, 0.6) is 0 Å². The fraction of sp³-hybridized carbons (Fsp3) is 0.800. The molecule has 1 heterocycles. The van der Waals surface area contributed by atoms with Crippen molar-refractivity contribution in [2.24, 2.45) is 0 Å². The molecular formula is C10H17F3N4O. The van der Waals surface area contributed by atoms with Crippen LogP contribution in [0.3, 0.4) is 0 Å². The molecule has 0 aliphatic carbocycles. The van der Waals surface area contributed by atoms with Gasteiger partial charge in [-0.15, -0.1) is 5.10 Å². The zero-order chi connectivity index (χ0) is 13.6. The Morgan fingerprint density at radius 2 is 2.00 bits per heavy atom. The van der Waals surface area contributed by atoms with Crippen LogP contribution in [0.25, 0.3) is 0 Å². The maximum Gasteiger partial charge on any atom is 0.406 e. The van der Waals surface area contributed by atoms with E-state index in [0.717, 1.165) is 11.4 Å². The van der Waals surface area contributed by atoms with Gasteiger partial charge in [-0.2, -0.15) is 13.2 Å². The maximum atomic E-state index is 12.4. The Morgan fingerprint density at radius 1 is 1.28 bits per heavy atom. The molecule has 0 unspecified atom stereocenters. The molecule has 1 rings (SSSR count). The van der Waals surface area contributed by atoms with Crippen LogP contribution in [-0.2, 0) is 6.54 Å². The molecule has 0 bridgehead atoms. The van der Waals surface area contributed by atoms with E-state index in [-0.39, 0.29) is 18.5 Å². The molecule has 0 amide bonds. The summed E-state index contributed by atoms with van der Waals surface area (Å²) in [5.41, 5.74) is 0. The van der Waals surface area contributed by atoms with Crippen LogP contribution in [0.1, 0.15) is 26.2 Å². The van der Waals surface area contributed by atoms with Crippen molar-refractivity contribution >= 4 is 6.01 Å². The number of alkyl halides is 3. The summed E-state index contributed by atoms with van der Waals surface area (Å²) in [6.45, 7) is 3.92. The van der Waals surface area contributed by atoms with E-state index in [4.69, 9.17) is 4.42 Å². The fourth-order valence-corrected chi connectivity index (χ4v) is 1.40. The SMILES string of the molecule is CCCN(CC(F)(F)F)c1nnc(CNCC)o1. The molecule has 0 radical (unpaired) electrons.